The van der Waals surface area contributed by atoms with E-state index >= 15 is 0 Å². The molecule has 0 fully saturated rings. The number of thioether (sulfide) groups is 1. The highest BCUT2D eigenvalue weighted by Crippen LogP contribution is 2.25. The molecule has 0 saturated heterocycles. The molecule has 2 aromatic rings. The Kier molecular flexibility index (Phi) is 6.63. The van der Waals surface area contributed by atoms with Gasteiger partial charge >= 0.3 is 5.97 Å². The molecule has 1 aromatic heterocycles. The number of hydrogen-bond donors (Lipinski definition) is 1. The summed E-state index contributed by atoms with van der Waals surface area (Å²) in [5, 5.41) is 11.2. The van der Waals surface area contributed by atoms with E-state index in [1.807, 2.05) is 0 Å². The monoisotopic (exact) mass is 373 g/mol. The number of amides is 1. The van der Waals surface area contributed by atoms with Crippen molar-refractivity contribution in [2.45, 2.75) is 4.34 Å². The van der Waals surface area contributed by atoms with Crippen molar-refractivity contribution in [2.75, 3.05) is 24.8 Å². The molecule has 1 heterocycles. The maximum absolute atomic E-state index is 11.8. The Morgan fingerprint density at radius 3 is 2.74 bits per heavy atom. The van der Waals surface area contributed by atoms with E-state index in [0.29, 0.717) is 20.2 Å². The Morgan fingerprint density at radius 1 is 1.30 bits per heavy atom. The van der Waals surface area contributed by atoms with Crippen LogP contribution in [0.3, 0.4) is 0 Å². The minimum atomic E-state index is -0.361. The highest BCUT2D eigenvalue weighted by molar-refractivity contribution is 8.01. The molecular formula is C13H12ClN3O4S2. The summed E-state index contributed by atoms with van der Waals surface area (Å²) in [6.07, 6.45) is 0. The highest BCUT2D eigenvalue weighted by atomic mass is 35.5. The number of anilines is 1. The SMILES string of the molecule is COC(=O)CSc1nnc(NC(=O)COc2ccc(Cl)cc2)s1. The Bertz CT molecular complexity index is 678. The Morgan fingerprint density at radius 2 is 2.04 bits per heavy atom. The fraction of sp³-hybridized carbons (Fsp3) is 0.231. The van der Waals surface area contributed by atoms with Gasteiger partial charge in [-0.3, -0.25) is 14.9 Å². The van der Waals surface area contributed by atoms with Gasteiger partial charge in [0.15, 0.2) is 10.9 Å². The first-order valence-electron chi connectivity index (χ1n) is 6.28. The van der Waals surface area contributed by atoms with Crippen LogP contribution in [0.4, 0.5) is 5.13 Å². The molecule has 0 unspecified atom stereocenters. The summed E-state index contributed by atoms with van der Waals surface area (Å²) in [7, 11) is 1.31. The molecule has 10 heteroatoms. The number of halogens is 1. The van der Waals surface area contributed by atoms with Crippen molar-refractivity contribution in [2.24, 2.45) is 0 Å². The van der Waals surface area contributed by atoms with Crippen molar-refractivity contribution in [3.8, 4) is 5.75 Å². The van der Waals surface area contributed by atoms with Crippen LogP contribution >= 0.6 is 34.7 Å². The molecule has 0 saturated carbocycles. The van der Waals surface area contributed by atoms with Crippen molar-refractivity contribution in [3.05, 3.63) is 29.3 Å². The molecule has 2 rings (SSSR count). The molecule has 122 valence electrons. The molecule has 0 aliphatic heterocycles. The van der Waals surface area contributed by atoms with Crippen LogP contribution in [0.2, 0.25) is 5.02 Å². The molecule has 0 aliphatic rings. The molecule has 1 amide bonds. The van der Waals surface area contributed by atoms with Gasteiger partial charge in [0, 0.05) is 5.02 Å². The maximum Gasteiger partial charge on any atom is 0.316 e. The molecule has 0 atom stereocenters. The fourth-order valence-corrected chi connectivity index (χ4v) is 3.06. The van der Waals surface area contributed by atoms with E-state index in [4.69, 9.17) is 16.3 Å². The number of nitrogens with zero attached hydrogens (tertiary/aromatic N) is 2. The van der Waals surface area contributed by atoms with E-state index in [1.165, 1.54) is 30.2 Å². The molecule has 1 aromatic carbocycles. The average Bonchev–Trinajstić information content (AvgIpc) is 2.99. The normalized spacial score (nSPS) is 10.2. The number of methoxy groups -OCH3 is 1. The first-order chi connectivity index (χ1) is 11.1. The van der Waals surface area contributed by atoms with Gasteiger partial charge < -0.3 is 9.47 Å². The largest absolute Gasteiger partial charge is 0.484 e. The standard InChI is InChI=1S/C13H12ClN3O4S2/c1-20-11(19)7-22-13-17-16-12(23-13)15-10(18)6-21-9-4-2-8(14)3-5-9/h2-5H,6-7H2,1H3,(H,15,16,18). The van der Waals surface area contributed by atoms with Crippen molar-refractivity contribution >= 4 is 51.7 Å². The van der Waals surface area contributed by atoms with E-state index in [-0.39, 0.29) is 24.2 Å². The van der Waals surface area contributed by atoms with Crippen LogP contribution < -0.4 is 10.1 Å². The third-order valence-electron chi connectivity index (χ3n) is 2.38. The fourth-order valence-electron chi connectivity index (χ4n) is 1.33. The van der Waals surface area contributed by atoms with Crippen LogP contribution in [-0.4, -0.2) is 41.5 Å². The zero-order chi connectivity index (χ0) is 16.7. The maximum atomic E-state index is 11.8. The topological polar surface area (TPSA) is 90.4 Å². The zero-order valence-corrected chi connectivity index (χ0v) is 14.3. The number of rotatable bonds is 7. The second-order valence-corrected chi connectivity index (χ2v) is 6.67. The molecule has 7 nitrogen and oxygen atoms in total. The lowest BCUT2D eigenvalue weighted by atomic mass is 10.3. The van der Waals surface area contributed by atoms with E-state index in [9.17, 15) is 9.59 Å². The van der Waals surface area contributed by atoms with Gasteiger partial charge in [-0.1, -0.05) is 34.7 Å². The third kappa shape index (κ3) is 6.05. The molecule has 1 N–H and O–H groups in total. The highest BCUT2D eigenvalue weighted by Gasteiger charge is 2.11. The molecule has 0 bridgehead atoms. The molecule has 23 heavy (non-hydrogen) atoms. The zero-order valence-electron chi connectivity index (χ0n) is 11.9. The summed E-state index contributed by atoms with van der Waals surface area (Å²) in [5.41, 5.74) is 0. The van der Waals surface area contributed by atoms with Crippen molar-refractivity contribution in [1.82, 2.24) is 10.2 Å². The van der Waals surface area contributed by atoms with Crippen LogP contribution in [0.1, 0.15) is 0 Å². The Balaban J connectivity index is 1.77. The predicted molar refractivity (Wildman–Crippen MR) is 88.2 cm³/mol. The van der Waals surface area contributed by atoms with Crippen LogP contribution in [0.25, 0.3) is 0 Å². The smallest absolute Gasteiger partial charge is 0.316 e. The first kappa shape index (κ1) is 17.5. The second kappa shape index (κ2) is 8.70. The summed E-state index contributed by atoms with van der Waals surface area (Å²) >= 11 is 8.11. The Labute approximate surface area is 145 Å². The van der Waals surface area contributed by atoms with E-state index in [0.717, 1.165) is 0 Å². The van der Waals surface area contributed by atoms with Gasteiger partial charge in [-0.25, -0.2) is 0 Å². The number of hydrogen-bond acceptors (Lipinski definition) is 8. The minimum absolute atomic E-state index is 0.138. The number of ether oxygens (including phenoxy) is 2. The minimum Gasteiger partial charge on any atom is -0.484 e. The van der Waals surface area contributed by atoms with Gasteiger partial charge in [0.05, 0.1) is 12.9 Å². The van der Waals surface area contributed by atoms with Crippen LogP contribution in [0.15, 0.2) is 28.6 Å². The van der Waals surface area contributed by atoms with Crippen LogP contribution in [0.5, 0.6) is 5.75 Å². The van der Waals surface area contributed by atoms with Gasteiger partial charge in [-0.05, 0) is 24.3 Å². The first-order valence-corrected chi connectivity index (χ1v) is 8.46. The second-order valence-electron chi connectivity index (χ2n) is 4.03. The quantitative estimate of drug-likeness (QED) is 0.453. The number of carbonyl (C=O) groups is 2. The van der Waals surface area contributed by atoms with Gasteiger partial charge in [0.2, 0.25) is 5.13 Å². The summed E-state index contributed by atoms with van der Waals surface area (Å²) in [6.45, 7) is -0.161. The number of nitrogens with one attached hydrogen (secondary N) is 1. The number of esters is 1. The number of benzene rings is 1. The summed E-state index contributed by atoms with van der Waals surface area (Å²) in [4.78, 5) is 22.8. The summed E-state index contributed by atoms with van der Waals surface area (Å²) in [5.74, 6) is -0.0393. The lowest BCUT2D eigenvalue weighted by Crippen LogP contribution is -2.20. The summed E-state index contributed by atoms with van der Waals surface area (Å²) < 4.78 is 10.4. The molecule has 0 spiro atoms. The van der Waals surface area contributed by atoms with Crippen molar-refractivity contribution in [3.63, 3.8) is 0 Å². The lowest BCUT2D eigenvalue weighted by Gasteiger charge is -2.05. The number of carbonyl (C=O) groups excluding carboxylic acids is 2. The molecular weight excluding hydrogens is 362 g/mol. The number of aromatic nitrogens is 2. The van der Waals surface area contributed by atoms with Crippen molar-refractivity contribution in [1.29, 1.82) is 0 Å². The van der Waals surface area contributed by atoms with Gasteiger partial charge in [-0.2, -0.15) is 0 Å². The van der Waals surface area contributed by atoms with Crippen LogP contribution in [-0.2, 0) is 14.3 Å². The van der Waals surface area contributed by atoms with Crippen LogP contribution in [0, 0.1) is 0 Å². The van der Waals surface area contributed by atoms with Gasteiger partial charge in [0.25, 0.3) is 5.91 Å². The Hall–Kier alpha value is -1.84. The summed E-state index contributed by atoms with van der Waals surface area (Å²) in [6, 6.07) is 6.68. The van der Waals surface area contributed by atoms with Gasteiger partial charge in [-0.15, -0.1) is 10.2 Å². The molecule has 0 aliphatic carbocycles. The van der Waals surface area contributed by atoms with Crippen molar-refractivity contribution < 1.29 is 19.1 Å². The van der Waals surface area contributed by atoms with Gasteiger partial charge in [0.1, 0.15) is 5.75 Å². The van der Waals surface area contributed by atoms with E-state index < -0.39 is 0 Å². The van der Waals surface area contributed by atoms with E-state index in [1.54, 1.807) is 24.3 Å². The molecule has 0 radical (unpaired) electrons. The lowest BCUT2D eigenvalue weighted by molar-refractivity contribution is -0.137. The predicted octanol–water partition coefficient (Wildman–Crippen LogP) is 2.47. The third-order valence-corrected chi connectivity index (χ3v) is 4.58. The average molecular weight is 374 g/mol. The van der Waals surface area contributed by atoms with E-state index in [2.05, 4.69) is 20.3 Å².